The molecule has 0 rings (SSSR count). The molecule has 0 amide bonds. The van der Waals surface area contributed by atoms with Crippen molar-refractivity contribution in [1.82, 2.24) is 0 Å². The molecule has 0 unspecified atom stereocenters. The Balaban J connectivity index is 0. The summed E-state index contributed by atoms with van der Waals surface area (Å²) in [4.78, 5) is 0. The van der Waals surface area contributed by atoms with Crippen LogP contribution >= 0.6 is 0 Å². The van der Waals surface area contributed by atoms with E-state index in [9.17, 15) is 0 Å². The molecule has 0 aliphatic rings. The van der Waals surface area contributed by atoms with Gasteiger partial charge < -0.3 is 0 Å². The second-order valence-corrected chi connectivity index (χ2v) is 8.62. The first-order chi connectivity index (χ1) is 8.93. The Morgan fingerprint density at radius 3 is 0.350 bits per heavy atom. The van der Waals surface area contributed by atoms with Gasteiger partial charge in [-0.25, -0.2) is 0 Å². The van der Waals surface area contributed by atoms with Gasteiger partial charge in [0.2, 0.25) is 0 Å². The van der Waals surface area contributed by atoms with Gasteiger partial charge in [-0.3, -0.25) is 0 Å². The van der Waals surface area contributed by atoms with Crippen LogP contribution in [0.3, 0.4) is 0 Å². The molecule has 0 radical (unpaired) electrons. The Hall–Kier alpha value is 0. The highest BCUT2D eigenvalue weighted by Crippen LogP contribution is 2.28. The molecule has 124 valence electrons. The summed E-state index contributed by atoms with van der Waals surface area (Å²) in [5.41, 5.74) is 0. The molecule has 20 heavy (non-hydrogen) atoms. The normalized spacial score (nSPS) is 12.6. The van der Waals surface area contributed by atoms with Gasteiger partial charge in [0.25, 0.3) is 0 Å². The maximum Gasteiger partial charge on any atom is -0.0345 e. The zero-order valence-electron chi connectivity index (χ0n) is 16.6. The fourth-order valence-corrected chi connectivity index (χ4v) is 4.62. The summed E-state index contributed by atoms with van der Waals surface area (Å²) >= 11 is 0. The summed E-state index contributed by atoms with van der Waals surface area (Å²) in [6.45, 7) is 27.9. The number of hydrogen-bond donors (Lipinski definition) is 0. The molecule has 0 nitrogen and oxygen atoms in total. The van der Waals surface area contributed by atoms with Crippen molar-refractivity contribution in [3.8, 4) is 0 Å². The fraction of sp³-hybridized carbons (Fsp3) is 1.00. The molecule has 0 fully saturated rings. The van der Waals surface area contributed by atoms with Crippen molar-refractivity contribution >= 4 is 0 Å². The van der Waals surface area contributed by atoms with Crippen LogP contribution in [-0.2, 0) is 0 Å². The van der Waals surface area contributed by atoms with Gasteiger partial charge in [-0.2, -0.15) is 0 Å². The first-order valence-corrected chi connectivity index (χ1v) is 8.93. The molecule has 0 spiro atoms. The van der Waals surface area contributed by atoms with Crippen LogP contribution in [0.4, 0.5) is 0 Å². The molecule has 0 atom stereocenters. The summed E-state index contributed by atoms with van der Waals surface area (Å²) in [5.74, 6) is 6.78. The first-order valence-electron chi connectivity index (χ1n) is 8.93. The molecule has 0 heteroatoms. The lowest BCUT2D eigenvalue weighted by Gasteiger charge is -2.28. The topological polar surface area (TPSA) is 0 Å². The third-order valence-corrected chi connectivity index (χ3v) is 4.62. The van der Waals surface area contributed by atoms with E-state index >= 15 is 0 Å². The van der Waals surface area contributed by atoms with Crippen LogP contribution in [0.2, 0.25) is 0 Å². The molecule has 0 saturated carbocycles. The predicted molar refractivity (Wildman–Crippen MR) is 96.0 cm³/mol. The minimum atomic E-state index is 0.833. The van der Waals surface area contributed by atoms with Crippen LogP contribution in [0.1, 0.15) is 83.1 Å². The van der Waals surface area contributed by atoms with Gasteiger partial charge in [-0.05, 0) is 47.3 Å². The molecule has 0 aromatic heterocycles. The average molecular weight is 285 g/mol. The highest BCUT2D eigenvalue weighted by atomic mass is 14.3. The van der Waals surface area contributed by atoms with E-state index in [1.165, 1.54) is 0 Å². The largest absolute Gasteiger partial charge is 0.0625 e. The van der Waals surface area contributed by atoms with Gasteiger partial charge in [0.05, 0.1) is 0 Å². The summed E-state index contributed by atoms with van der Waals surface area (Å²) in [6.07, 6.45) is 0. The lowest BCUT2D eigenvalue weighted by atomic mass is 9.78. The molecule has 0 bridgehead atoms. The first kappa shape index (κ1) is 22.3. The lowest BCUT2D eigenvalue weighted by Crippen LogP contribution is -2.21. The van der Waals surface area contributed by atoms with Crippen molar-refractivity contribution in [2.24, 2.45) is 47.3 Å². The second kappa shape index (κ2) is 10.7. The molecular formula is C20H44. The van der Waals surface area contributed by atoms with Crippen LogP contribution in [0.5, 0.6) is 0 Å². The van der Waals surface area contributed by atoms with E-state index in [0.717, 1.165) is 47.3 Å². The van der Waals surface area contributed by atoms with Gasteiger partial charge in [0.15, 0.2) is 0 Å². The molecule has 0 heterocycles. The van der Waals surface area contributed by atoms with Crippen molar-refractivity contribution < 1.29 is 0 Å². The van der Waals surface area contributed by atoms with Gasteiger partial charge >= 0.3 is 0 Å². The van der Waals surface area contributed by atoms with Crippen molar-refractivity contribution in [3.05, 3.63) is 0 Å². The Bertz CT molecular complexity index is 146. The van der Waals surface area contributed by atoms with Crippen LogP contribution in [0, 0.1) is 47.3 Å². The monoisotopic (exact) mass is 284 g/mol. The van der Waals surface area contributed by atoms with Crippen molar-refractivity contribution in [1.29, 1.82) is 0 Å². The summed E-state index contributed by atoms with van der Waals surface area (Å²) in [5, 5.41) is 0. The highest BCUT2D eigenvalue weighted by Gasteiger charge is 2.20. The summed E-state index contributed by atoms with van der Waals surface area (Å²) < 4.78 is 0. The maximum absolute atomic E-state index is 2.32. The van der Waals surface area contributed by atoms with E-state index < -0.39 is 0 Å². The van der Waals surface area contributed by atoms with Crippen LogP contribution < -0.4 is 0 Å². The molecule has 0 aliphatic heterocycles. The molecular weight excluding hydrogens is 240 g/mol. The summed E-state index contributed by atoms with van der Waals surface area (Å²) in [7, 11) is 0. The SMILES string of the molecule is CC(C)C(C(C)C)C(C)C.CC(C)C(C(C)C)C(C)C. The zero-order valence-corrected chi connectivity index (χ0v) is 16.6. The zero-order chi connectivity index (χ0) is 16.6. The lowest BCUT2D eigenvalue weighted by molar-refractivity contribution is 0.212. The fourth-order valence-electron chi connectivity index (χ4n) is 4.62. The van der Waals surface area contributed by atoms with Gasteiger partial charge in [-0.15, -0.1) is 0 Å². The van der Waals surface area contributed by atoms with Crippen LogP contribution in [0.25, 0.3) is 0 Å². The second-order valence-electron chi connectivity index (χ2n) is 8.62. The van der Waals surface area contributed by atoms with Gasteiger partial charge in [0, 0.05) is 0 Å². The maximum atomic E-state index is 2.32. The third-order valence-electron chi connectivity index (χ3n) is 4.62. The smallest absolute Gasteiger partial charge is 0.0345 e. The van der Waals surface area contributed by atoms with E-state index in [2.05, 4.69) is 83.1 Å². The molecule has 0 N–H and O–H groups in total. The van der Waals surface area contributed by atoms with E-state index in [0.29, 0.717) is 0 Å². The van der Waals surface area contributed by atoms with Crippen molar-refractivity contribution in [3.63, 3.8) is 0 Å². The van der Waals surface area contributed by atoms with Gasteiger partial charge in [-0.1, -0.05) is 83.1 Å². The molecule has 0 aliphatic carbocycles. The minimum absolute atomic E-state index is 0.833. The predicted octanol–water partition coefficient (Wildman–Crippen LogP) is 7.14. The highest BCUT2D eigenvalue weighted by molar-refractivity contribution is 4.70. The average Bonchev–Trinajstić information content (AvgIpc) is 2.12. The Labute approximate surface area is 131 Å². The number of hydrogen-bond acceptors (Lipinski definition) is 0. The summed E-state index contributed by atoms with van der Waals surface area (Å²) in [6, 6.07) is 0. The Morgan fingerprint density at radius 1 is 0.250 bits per heavy atom. The van der Waals surface area contributed by atoms with Crippen molar-refractivity contribution in [2.45, 2.75) is 83.1 Å². The quantitative estimate of drug-likeness (QED) is 0.486. The molecule has 0 aromatic rings. The standard InChI is InChI=1S/2C10H22/c2*1-7(2)10(8(3)4)9(5)6/h2*7-10H,1-6H3. The minimum Gasteiger partial charge on any atom is -0.0625 e. The van der Waals surface area contributed by atoms with E-state index in [1.807, 2.05) is 0 Å². The molecule has 0 saturated heterocycles. The van der Waals surface area contributed by atoms with Crippen molar-refractivity contribution in [2.75, 3.05) is 0 Å². The van der Waals surface area contributed by atoms with E-state index in [-0.39, 0.29) is 0 Å². The number of rotatable bonds is 6. The van der Waals surface area contributed by atoms with Crippen LogP contribution in [-0.4, -0.2) is 0 Å². The van der Waals surface area contributed by atoms with Gasteiger partial charge in [0.1, 0.15) is 0 Å². The van der Waals surface area contributed by atoms with E-state index in [1.54, 1.807) is 0 Å². The van der Waals surface area contributed by atoms with E-state index in [4.69, 9.17) is 0 Å². The van der Waals surface area contributed by atoms with Crippen LogP contribution in [0.15, 0.2) is 0 Å². The molecule has 0 aromatic carbocycles. The third kappa shape index (κ3) is 9.03. The Morgan fingerprint density at radius 2 is 0.350 bits per heavy atom. The Kier molecular flexibility index (Phi) is 11.9.